The first kappa shape index (κ1) is 15.9. The number of hydrogen-bond donors (Lipinski definition) is 1. The maximum Gasteiger partial charge on any atom is 0.148 e. The molecule has 126 valence electrons. The van der Waals surface area contributed by atoms with Crippen molar-refractivity contribution in [2.45, 2.75) is 13.2 Å². The average Bonchev–Trinajstić information content (AvgIpc) is 2.97. The Bertz CT molecular complexity index is 1040. The summed E-state index contributed by atoms with van der Waals surface area (Å²) >= 11 is 6.07. The number of aliphatic hydroxyl groups is 1. The van der Waals surface area contributed by atoms with Gasteiger partial charge in [-0.2, -0.15) is 0 Å². The number of fused-ring (bicyclic) bond motifs is 2. The summed E-state index contributed by atoms with van der Waals surface area (Å²) in [6.45, 7) is 0.821. The van der Waals surface area contributed by atoms with Crippen molar-refractivity contribution in [2.24, 2.45) is 0 Å². The fourth-order valence-corrected chi connectivity index (χ4v) is 3.24. The number of imidazole rings is 1. The van der Waals surface area contributed by atoms with E-state index in [1.54, 1.807) is 0 Å². The van der Waals surface area contributed by atoms with E-state index in [1.165, 1.54) is 0 Å². The van der Waals surface area contributed by atoms with Gasteiger partial charge in [0.1, 0.15) is 18.2 Å². The van der Waals surface area contributed by atoms with Gasteiger partial charge in [0.05, 0.1) is 17.6 Å². The van der Waals surface area contributed by atoms with Gasteiger partial charge in [0.2, 0.25) is 0 Å². The molecule has 0 spiro atoms. The lowest BCUT2D eigenvalue weighted by Crippen LogP contribution is -2.09. The quantitative estimate of drug-likeness (QED) is 0.578. The third kappa shape index (κ3) is 3.06. The van der Waals surface area contributed by atoms with Crippen LogP contribution < -0.4 is 4.74 Å². The Labute approximate surface area is 150 Å². The summed E-state index contributed by atoms with van der Waals surface area (Å²) < 4.78 is 8.02. The van der Waals surface area contributed by atoms with Gasteiger partial charge in [-0.05, 0) is 29.7 Å². The summed E-state index contributed by atoms with van der Waals surface area (Å²) in [6, 6.07) is 19.7. The van der Waals surface area contributed by atoms with Gasteiger partial charge in [-0.3, -0.25) is 0 Å². The van der Waals surface area contributed by atoms with E-state index in [4.69, 9.17) is 16.3 Å². The van der Waals surface area contributed by atoms with Gasteiger partial charge in [0.25, 0.3) is 0 Å². The largest absolute Gasteiger partial charge is 0.485 e. The Morgan fingerprint density at radius 1 is 1.04 bits per heavy atom. The van der Waals surface area contributed by atoms with Crippen molar-refractivity contribution in [1.82, 2.24) is 9.55 Å². The van der Waals surface area contributed by atoms with Gasteiger partial charge in [0, 0.05) is 17.0 Å². The van der Waals surface area contributed by atoms with Crippen molar-refractivity contribution in [3.8, 4) is 5.75 Å². The first-order valence-corrected chi connectivity index (χ1v) is 8.50. The predicted molar refractivity (Wildman–Crippen MR) is 100 cm³/mol. The van der Waals surface area contributed by atoms with E-state index >= 15 is 0 Å². The Balaban J connectivity index is 1.69. The van der Waals surface area contributed by atoms with Crippen molar-refractivity contribution in [3.63, 3.8) is 0 Å². The van der Waals surface area contributed by atoms with Crippen molar-refractivity contribution in [3.05, 3.63) is 71.5 Å². The molecule has 0 saturated heterocycles. The summed E-state index contributed by atoms with van der Waals surface area (Å²) in [6.07, 6.45) is 0. The van der Waals surface area contributed by atoms with Crippen molar-refractivity contribution in [1.29, 1.82) is 0 Å². The minimum absolute atomic E-state index is 0.0371. The van der Waals surface area contributed by atoms with Gasteiger partial charge in [0.15, 0.2) is 0 Å². The second-order valence-corrected chi connectivity index (χ2v) is 6.24. The minimum atomic E-state index is 0.0371. The lowest BCUT2D eigenvalue weighted by atomic mass is 10.1. The normalized spacial score (nSPS) is 11.3. The van der Waals surface area contributed by atoms with Crippen LogP contribution in [0.4, 0.5) is 0 Å². The number of aliphatic hydroxyl groups excluding tert-OH is 1. The van der Waals surface area contributed by atoms with Crippen molar-refractivity contribution in [2.75, 3.05) is 6.61 Å². The molecule has 4 aromatic rings. The van der Waals surface area contributed by atoms with E-state index in [-0.39, 0.29) is 6.61 Å². The molecule has 0 aliphatic heterocycles. The molecule has 25 heavy (non-hydrogen) atoms. The lowest BCUT2D eigenvalue weighted by molar-refractivity contribution is 0.261. The first-order chi connectivity index (χ1) is 12.3. The number of rotatable bonds is 5. The van der Waals surface area contributed by atoms with Gasteiger partial charge < -0.3 is 14.4 Å². The Morgan fingerprint density at radius 3 is 2.76 bits per heavy atom. The van der Waals surface area contributed by atoms with Crippen molar-refractivity contribution < 1.29 is 9.84 Å². The van der Waals surface area contributed by atoms with E-state index in [0.717, 1.165) is 33.4 Å². The summed E-state index contributed by atoms with van der Waals surface area (Å²) in [5, 5.41) is 12.2. The highest BCUT2D eigenvalue weighted by atomic mass is 35.5. The Hall–Kier alpha value is -2.56. The molecule has 4 nitrogen and oxygen atoms in total. The fourth-order valence-electron chi connectivity index (χ4n) is 3.08. The Kier molecular flexibility index (Phi) is 4.30. The van der Waals surface area contributed by atoms with Crippen LogP contribution in [-0.4, -0.2) is 21.3 Å². The maximum atomic E-state index is 9.39. The molecule has 5 heteroatoms. The molecule has 4 rings (SSSR count). The zero-order valence-corrected chi connectivity index (χ0v) is 14.3. The van der Waals surface area contributed by atoms with Crippen molar-refractivity contribution >= 4 is 33.4 Å². The molecule has 0 amide bonds. The van der Waals surface area contributed by atoms with Crippen LogP contribution in [0.15, 0.2) is 60.7 Å². The zero-order valence-electron chi connectivity index (χ0n) is 13.5. The van der Waals surface area contributed by atoms with Gasteiger partial charge in [-0.1, -0.05) is 48.0 Å². The number of nitrogens with zero attached hydrogens (tertiary/aromatic N) is 2. The van der Waals surface area contributed by atoms with Gasteiger partial charge >= 0.3 is 0 Å². The molecule has 0 bridgehead atoms. The lowest BCUT2D eigenvalue weighted by Gasteiger charge is -2.11. The van der Waals surface area contributed by atoms with Crippen LogP contribution in [0.3, 0.4) is 0 Å². The van der Waals surface area contributed by atoms with Crippen LogP contribution in [0, 0.1) is 0 Å². The number of benzene rings is 3. The van der Waals surface area contributed by atoms with Crippen LogP contribution in [0.5, 0.6) is 5.75 Å². The highest BCUT2D eigenvalue weighted by molar-refractivity contribution is 6.31. The van der Waals surface area contributed by atoms with E-state index in [9.17, 15) is 5.11 Å². The molecule has 0 radical (unpaired) electrons. The first-order valence-electron chi connectivity index (χ1n) is 8.12. The minimum Gasteiger partial charge on any atom is -0.485 e. The molecule has 1 heterocycles. The van der Waals surface area contributed by atoms with E-state index < -0.39 is 0 Å². The molecule has 0 aliphatic rings. The monoisotopic (exact) mass is 352 g/mol. The van der Waals surface area contributed by atoms with Crippen LogP contribution in [0.2, 0.25) is 5.02 Å². The molecule has 0 atom stereocenters. The van der Waals surface area contributed by atoms with E-state index in [2.05, 4.69) is 17.1 Å². The zero-order chi connectivity index (χ0) is 17.2. The third-order valence-electron chi connectivity index (χ3n) is 4.22. The van der Waals surface area contributed by atoms with Crippen LogP contribution >= 0.6 is 11.6 Å². The maximum absolute atomic E-state index is 9.39. The molecular formula is C20H17ClN2O2. The molecule has 0 aliphatic carbocycles. The SMILES string of the molecule is OCCn1c(COc2cccc3ccccc23)nc2cc(Cl)ccc21. The summed E-state index contributed by atoms with van der Waals surface area (Å²) in [5.41, 5.74) is 1.74. The molecule has 0 saturated carbocycles. The second-order valence-electron chi connectivity index (χ2n) is 5.80. The number of halogens is 1. The van der Waals surface area contributed by atoms with E-state index in [1.807, 2.05) is 53.1 Å². The van der Waals surface area contributed by atoms with Crippen LogP contribution in [0.25, 0.3) is 21.8 Å². The molecule has 1 aromatic heterocycles. The highest BCUT2D eigenvalue weighted by Crippen LogP contribution is 2.27. The van der Waals surface area contributed by atoms with Gasteiger partial charge in [-0.15, -0.1) is 0 Å². The molecule has 1 N–H and O–H groups in total. The molecule has 0 unspecified atom stereocenters. The van der Waals surface area contributed by atoms with Gasteiger partial charge in [-0.25, -0.2) is 4.98 Å². The molecule has 3 aromatic carbocycles. The summed E-state index contributed by atoms with van der Waals surface area (Å²) in [7, 11) is 0. The molecular weight excluding hydrogens is 336 g/mol. The summed E-state index contributed by atoms with van der Waals surface area (Å²) in [4.78, 5) is 4.63. The number of aromatic nitrogens is 2. The topological polar surface area (TPSA) is 47.3 Å². The Morgan fingerprint density at radius 2 is 1.88 bits per heavy atom. The highest BCUT2D eigenvalue weighted by Gasteiger charge is 2.12. The second kappa shape index (κ2) is 6.75. The number of hydrogen-bond acceptors (Lipinski definition) is 3. The van der Waals surface area contributed by atoms with Crippen LogP contribution in [0.1, 0.15) is 5.82 Å². The predicted octanol–water partition coefficient (Wildman–Crippen LogP) is 4.41. The number of ether oxygens (including phenoxy) is 1. The smallest absolute Gasteiger partial charge is 0.148 e. The fraction of sp³-hybridized carbons (Fsp3) is 0.150. The summed E-state index contributed by atoms with van der Waals surface area (Å²) in [5.74, 6) is 1.58. The average molecular weight is 353 g/mol. The van der Waals surface area contributed by atoms with Crippen LogP contribution in [-0.2, 0) is 13.2 Å². The van der Waals surface area contributed by atoms with E-state index in [0.29, 0.717) is 18.2 Å². The third-order valence-corrected chi connectivity index (χ3v) is 4.45. The molecule has 0 fully saturated rings. The standard InChI is InChI=1S/C20H17ClN2O2/c21-15-8-9-18-17(12-15)22-20(23(18)10-11-24)13-25-19-7-3-5-14-4-1-2-6-16(14)19/h1-9,12,24H,10-11,13H2.